The number of nitrogens with zero attached hydrogens (tertiary/aromatic N) is 2. The van der Waals surface area contributed by atoms with Gasteiger partial charge < -0.3 is 14.1 Å². The minimum absolute atomic E-state index is 0.0216. The Bertz CT molecular complexity index is 454. The fourth-order valence-electron chi connectivity index (χ4n) is 1.34. The quantitative estimate of drug-likeness (QED) is 0.883. The number of imidazole rings is 1. The zero-order valence-electron chi connectivity index (χ0n) is 10.4. The van der Waals surface area contributed by atoms with E-state index in [1.54, 1.807) is 18.6 Å². The summed E-state index contributed by atoms with van der Waals surface area (Å²) < 4.78 is 11.0. The van der Waals surface area contributed by atoms with Crippen molar-refractivity contribution in [1.82, 2.24) is 15.0 Å². The lowest BCUT2D eigenvalue weighted by Crippen LogP contribution is -2.09. The lowest BCUT2D eigenvalue weighted by Gasteiger charge is -2.13. The summed E-state index contributed by atoms with van der Waals surface area (Å²) in [5.41, 5.74) is -0.0216. The molecule has 1 N–H and O–H groups in total. The van der Waals surface area contributed by atoms with Gasteiger partial charge in [0.15, 0.2) is 0 Å². The Morgan fingerprint density at radius 3 is 2.71 bits per heavy atom. The molecule has 2 rings (SSSR count). The number of rotatable bonds is 4. The third kappa shape index (κ3) is 3.17. The van der Waals surface area contributed by atoms with Crippen LogP contribution in [0.2, 0.25) is 0 Å². The van der Waals surface area contributed by atoms with Crippen LogP contribution < -0.4 is 0 Å². The van der Waals surface area contributed by atoms with E-state index in [2.05, 4.69) is 35.7 Å². The molecule has 92 valence electrons. The summed E-state index contributed by atoms with van der Waals surface area (Å²) in [5, 5.41) is 0. The van der Waals surface area contributed by atoms with Crippen molar-refractivity contribution in [2.24, 2.45) is 0 Å². The topological polar surface area (TPSA) is 63.9 Å². The minimum Gasteiger partial charge on any atom is -0.443 e. The molecule has 0 spiro atoms. The van der Waals surface area contributed by atoms with Gasteiger partial charge in [0.2, 0.25) is 5.89 Å². The first-order valence-corrected chi connectivity index (χ1v) is 5.57. The third-order valence-corrected chi connectivity index (χ3v) is 2.31. The molecule has 5 heteroatoms. The second kappa shape index (κ2) is 4.71. The molecule has 0 atom stereocenters. The van der Waals surface area contributed by atoms with Crippen molar-refractivity contribution in [2.45, 2.75) is 39.4 Å². The molecule has 0 saturated carbocycles. The number of aromatic amines is 1. The van der Waals surface area contributed by atoms with E-state index in [4.69, 9.17) is 9.15 Å². The molecule has 2 aromatic heterocycles. The highest BCUT2D eigenvalue weighted by Crippen LogP contribution is 2.22. The second-order valence-corrected chi connectivity index (χ2v) is 4.90. The van der Waals surface area contributed by atoms with E-state index in [0.717, 1.165) is 11.6 Å². The number of aromatic nitrogens is 3. The van der Waals surface area contributed by atoms with Crippen molar-refractivity contribution in [3.63, 3.8) is 0 Å². The van der Waals surface area contributed by atoms with Gasteiger partial charge in [-0.1, -0.05) is 20.8 Å². The lowest BCUT2D eigenvalue weighted by molar-refractivity contribution is 0.0836. The molecule has 5 nitrogen and oxygen atoms in total. The Labute approximate surface area is 100 Å². The number of ether oxygens (including phenoxy) is 1. The SMILES string of the molecule is CC(C)(C)c1cnc(COCc2ncc[nH]2)o1. The Hall–Kier alpha value is -1.62. The van der Waals surface area contributed by atoms with E-state index in [1.165, 1.54) is 0 Å². The van der Waals surface area contributed by atoms with Gasteiger partial charge in [-0.2, -0.15) is 0 Å². The molecule has 0 saturated heterocycles. The molecule has 0 aliphatic rings. The van der Waals surface area contributed by atoms with E-state index in [-0.39, 0.29) is 5.41 Å². The molecule has 0 amide bonds. The molecule has 0 bridgehead atoms. The van der Waals surface area contributed by atoms with Crippen LogP contribution in [-0.4, -0.2) is 15.0 Å². The molecule has 2 heterocycles. The maximum Gasteiger partial charge on any atom is 0.220 e. The van der Waals surface area contributed by atoms with Crippen LogP contribution in [0.3, 0.4) is 0 Å². The van der Waals surface area contributed by atoms with Gasteiger partial charge in [0, 0.05) is 17.8 Å². The number of hydrogen-bond acceptors (Lipinski definition) is 4. The summed E-state index contributed by atoms with van der Waals surface area (Å²) >= 11 is 0. The summed E-state index contributed by atoms with van der Waals surface area (Å²) in [6, 6.07) is 0. The van der Waals surface area contributed by atoms with Gasteiger partial charge in [-0.15, -0.1) is 0 Å². The molecule has 2 aromatic rings. The van der Waals surface area contributed by atoms with Gasteiger partial charge in [0.05, 0.1) is 6.20 Å². The van der Waals surface area contributed by atoms with Crippen molar-refractivity contribution in [3.8, 4) is 0 Å². The average molecular weight is 235 g/mol. The molecular weight excluding hydrogens is 218 g/mol. The summed E-state index contributed by atoms with van der Waals surface area (Å²) in [5.74, 6) is 2.27. The van der Waals surface area contributed by atoms with Gasteiger partial charge in [-0.3, -0.25) is 0 Å². The molecule has 0 aromatic carbocycles. The van der Waals surface area contributed by atoms with Crippen LogP contribution in [0.1, 0.15) is 38.2 Å². The van der Waals surface area contributed by atoms with Crippen LogP contribution in [0.5, 0.6) is 0 Å². The first kappa shape index (κ1) is 11.9. The zero-order valence-corrected chi connectivity index (χ0v) is 10.4. The van der Waals surface area contributed by atoms with Gasteiger partial charge in [-0.25, -0.2) is 9.97 Å². The molecular formula is C12H17N3O2. The second-order valence-electron chi connectivity index (χ2n) is 4.90. The van der Waals surface area contributed by atoms with Crippen LogP contribution in [-0.2, 0) is 23.4 Å². The fraction of sp³-hybridized carbons (Fsp3) is 0.500. The summed E-state index contributed by atoms with van der Waals surface area (Å²) in [7, 11) is 0. The van der Waals surface area contributed by atoms with Crippen molar-refractivity contribution in [3.05, 3.63) is 36.1 Å². The number of oxazole rings is 1. The summed E-state index contributed by atoms with van der Waals surface area (Å²) in [4.78, 5) is 11.2. The Balaban J connectivity index is 1.85. The molecule has 0 radical (unpaired) electrons. The van der Waals surface area contributed by atoms with Crippen LogP contribution in [0.4, 0.5) is 0 Å². The lowest BCUT2D eigenvalue weighted by atomic mass is 9.94. The van der Waals surface area contributed by atoms with E-state index in [1.807, 2.05) is 0 Å². The van der Waals surface area contributed by atoms with Crippen molar-refractivity contribution >= 4 is 0 Å². The zero-order chi connectivity index (χ0) is 12.3. The number of nitrogens with one attached hydrogen (secondary N) is 1. The van der Waals surface area contributed by atoms with Crippen molar-refractivity contribution < 1.29 is 9.15 Å². The first-order valence-electron chi connectivity index (χ1n) is 5.57. The smallest absolute Gasteiger partial charge is 0.220 e. The summed E-state index contributed by atoms with van der Waals surface area (Å²) in [6.45, 7) is 7.04. The van der Waals surface area contributed by atoms with Gasteiger partial charge in [-0.05, 0) is 0 Å². The Kier molecular flexibility index (Phi) is 3.28. The van der Waals surface area contributed by atoms with E-state index >= 15 is 0 Å². The molecule has 0 fully saturated rings. The van der Waals surface area contributed by atoms with Crippen LogP contribution in [0, 0.1) is 0 Å². The predicted molar refractivity (Wildman–Crippen MR) is 62.3 cm³/mol. The van der Waals surface area contributed by atoms with Crippen LogP contribution >= 0.6 is 0 Å². The third-order valence-electron chi connectivity index (χ3n) is 2.31. The maximum absolute atomic E-state index is 5.60. The van der Waals surface area contributed by atoms with Gasteiger partial charge in [0.1, 0.15) is 24.8 Å². The molecule has 17 heavy (non-hydrogen) atoms. The van der Waals surface area contributed by atoms with Crippen LogP contribution in [0.15, 0.2) is 23.0 Å². The molecule has 0 aliphatic heterocycles. The Morgan fingerprint density at radius 1 is 1.29 bits per heavy atom. The number of H-pyrrole nitrogens is 1. The Morgan fingerprint density at radius 2 is 2.12 bits per heavy atom. The number of hydrogen-bond donors (Lipinski definition) is 1. The normalized spacial score (nSPS) is 11.9. The first-order chi connectivity index (χ1) is 8.05. The molecule has 0 unspecified atom stereocenters. The van der Waals surface area contributed by atoms with Crippen molar-refractivity contribution in [2.75, 3.05) is 0 Å². The standard InChI is InChI=1S/C12H17N3O2/c1-12(2,3)9-6-15-11(17-9)8-16-7-10-13-4-5-14-10/h4-6H,7-8H2,1-3H3,(H,13,14). The van der Waals surface area contributed by atoms with Gasteiger partial charge >= 0.3 is 0 Å². The highest BCUT2D eigenvalue weighted by molar-refractivity contribution is 5.05. The monoisotopic (exact) mass is 235 g/mol. The average Bonchev–Trinajstić information content (AvgIpc) is 2.86. The van der Waals surface area contributed by atoms with Crippen LogP contribution in [0.25, 0.3) is 0 Å². The highest BCUT2D eigenvalue weighted by atomic mass is 16.5. The fourth-order valence-corrected chi connectivity index (χ4v) is 1.34. The van der Waals surface area contributed by atoms with E-state index in [9.17, 15) is 0 Å². The van der Waals surface area contributed by atoms with E-state index in [0.29, 0.717) is 19.1 Å². The van der Waals surface area contributed by atoms with Crippen molar-refractivity contribution in [1.29, 1.82) is 0 Å². The maximum atomic E-state index is 5.60. The summed E-state index contributed by atoms with van der Waals surface area (Å²) in [6.07, 6.45) is 5.22. The van der Waals surface area contributed by atoms with E-state index < -0.39 is 0 Å². The predicted octanol–water partition coefficient (Wildman–Crippen LogP) is 2.41. The largest absolute Gasteiger partial charge is 0.443 e. The minimum atomic E-state index is -0.0216. The highest BCUT2D eigenvalue weighted by Gasteiger charge is 2.19. The molecule has 0 aliphatic carbocycles. The van der Waals surface area contributed by atoms with Gasteiger partial charge in [0.25, 0.3) is 0 Å².